The molecule has 2 aromatic rings. The Morgan fingerprint density at radius 1 is 1.00 bits per heavy atom. The molecule has 0 fully saturated rings. The maximum absolute atomic E-state index is 10.9. The van der Waals surface area contributed by atoms with Crippen molar-refractivity contribution in [3.05, 3.63) is 54.1 Å². The zero-order valence-corrected chi connectivity index (χ0v) is 15.8. The van der Waals surface area contributed by atoms with Gasteiger partial charge >= 0.3 is 5.97 Å². The topological polar surface area (TPSA) is 55.8 Å². The molecular weight excluding hydrogens is 328 g/mol. The SMILES string of the molecule is CCCCOC(C)C(C)COc1ccc(-c2ccc(C(=O)O)cc2)cc1. The summed E-state index contributed by atoms with van der Waals surface area (Å²) >= 11 is 0. The van der Waals surface area contributed by atoms with Crippen LogP contribution >= 0.6 is 0 Å². The van der Waals surface area contributed by atoms with Crippen molar-refractivity contribution in [2.75, 3.05) is 13.2 Å². The number of hydrogen-bond acceptors (Lipinski definition) is 3. The van der Waals surface area contributed by atoms with Gasteiger partial charge in [0.1, 0.15) is 5.75 Å². The van der Waals surface area contributed by atoms with E-state index in [1.807, 2.05) is 36.4 Å². The van der Waals surface area contributed by atoms with Gasteiger partial charge in [-0.05, 0) is 48.7 Å². The molecule has 140 valence electrons. The number of unbranched alkanes of at least 4 members (excludes halogenated alkanes) is 1. The van der Waals surface area contributed by atoms with Gasteiger partial charge in [0, 0.05) is 12.5 Å². The second kappa shape index (κ2) is 9.97. The number of ether oxygens (including phenoxy) is 2. The highest BCUT2D eigenvalue weighted by atomic mass is 16.5. The van der Waals surface area contributed by atoms with Gasteiger partial charge in [-0.3, -0.25) is 0 Å². The molecular formula is C22H28O4. The van der Waals surface area contributed by atoms with Gasteiger partial charge in [-0.25, -0.2) is 4.79 Å². The minimum atomic E-state index is -0.915. The number of benzene rings is 2. The first-order valence-electron chi connectivity index (χ1n) is 9.19. The molecule has 4 heteroatoms. The molecule has 0 aliphatic rings. The molecule has 26 heavy (non-hydrogen) atoms. The van der Waals surface area contributed by atoms with Crippen molar-refractivity contribution in [3.63, 3.8) is 0 Å². The Balaban J connectivity index is 1.88. The number of carbonyl (C=O) groups is 1. The average molecular weight is 356 g/mol. The minimum absolute atomic E-state index is 0.175. The van der Waals surface area contributed by atoms with Crippen molar-refractivity contribution in [2.24, 2.45) is 5.92 Å². The molecule has 2 unspecified atom stereocenters. The first kappa shape index (κ1) is 20.0. The molecule has 4 nitrogen and oxygen atoms in total. The van der Waals surface area contributed by atoms with Crippen LogP contribution in [0.1, 0.15) is 44.0 Å². The predicted octanol–water partition coefficient (Wildman–Crippen LogP) is 5.27. The maximum atomic E-state index is 10.9. The van der Waals surface area contributed by atoms with Crippen LogP contribution in [-0.4, -0.2) is 30.4 Å². The van der Waals surface area contributed by atoms with Crippen LogP contribution in [0, 0.1) is 5.92 Å². The van der Waals surface area contributed by atoms with Crippen LogP contribution in [0.3, 0.4) is 0 Å². The molecule has 0 aromatic heterocycles. The zero-order chi connectivity index (χ0) is 18.9. The summed E-state index contributed by atoms with van der Waals surface area (Å²) < 4.78 is 11.7. The predicted molar refractivity (Wildman–Crippen MR) is 104 cm³/mol. The number of carboxylic acid groups (broad SMARTS) is 1. The van der Waals surface area contributed by atoms with E-state index < -0.39 is 5.97 Å². The lowest BCUT2D eigenvalue weighted by Gasteiger charge is -2.21. The van der Waals surface area contributed by atoms with Gasteiger partial charge in [0.25, 0.3) is 0 Å². The van der Waals surface area contributed by atoms with Crippen LogP contribution < -0.4 is 4.74 Å². The largest absolute Gasteiger partial charge is 0.493 e. The van der Waals surface area contributed by atoms with E-state index in [1.54, 1.807) is 12.1 Å². The molecule has 0 spiro atoms. The quantitative estimate of drug-likeness (QED) is 0.589. The van der Waals surface area contributed by atoms with Crippen molar-refractivity contribution in [1.29, 1.82) is 0 Å². The van der Waals surface area contributed by atoms with Crippen LogP contribution in [0.15, 0.2) is 48.5 Å². The Morgan fingerprint density at radius 2 is 1.58 bits per heavy atom. The highest BCUT2D eigenvalue weighted by molar-refractivity contribution is 5.88. The number of carboxylic acids is 1. The molecule has 0 aliphatic heterocycles. The lowest BCUT2D eigenvalue weighted by Crippen LogP contribution is -2.24. The molecule has 1 N–H and O–H groups in total. The van der Waals surface area contributed by atoms with E-state index in [0.29, 0.717) is 12.5 Å². The Bertz CT molecular complexity index is 676. The Morgan fingerprint density at radius 3 is 2.12 bits per heavy atom. The van der Waals surface area contributed by atoms with Gasteiger partial charge in [-0.1, -0.05) is 44.5 Å². The first-order valence-corrected chi connectivity index (χ1v) is 9.19. The summed E-state index contributed by atoms with van der Waals surface area (Å²) in [6.45, 7) is 7.80. The van der Waals surface area contributed by atoms with Crippen molar-refractivity contribution >= 4 is 5.97 Å². The second-order valence-electron chi connectivity index (χ2n) is 6.62. The maximum Gasteiger partial charge on any atom is 0.335 e. The summed E-state index contributed by atoms with van der Waals surface area (Å²) in [5.41, 5.74) is 2.30. The third-order valence-electron chi connectivity index (χ3n) is 4.51. The first-order chi connectivity index (χ1) is 12.5. The van der Waals surface area contributed by atoms with Crippen LogP contribution in [-0.2, 0) is 4.74 Å². The summed E-state index contributed by atoms with van der Waals surface area (Å²) in [7, 11) is 0. The van der Waals surface area contributed by atoms with Gasteiger partial charge < -0.3 is 14.6 Å². The van der Waals surface area contributed by atoms with Crippen molar-refractivity contribution in [3.8, 4) is 16.9 Å². The summed E-state index contributed by atoms with van der Waals surface area (Å²) in [6.07, 6.45) is 2.41. The summed E-state index contributed by atoms with van der Waals surface area (Å²) in [6, 6.07) is 14.7. The summed E-state index contributed by atoms with van der Waals surface area (Å²) in [4.78, 5) is 10.9. The molecule has 0 radical (unpaired) electrons. The van der Waals surface area contributed by atoms with Crippen LogP contribution in [0.2, 0.25) is 0 Å². The Kier molecular flexibility index (Phi) is 7.67. The molecule has 0 saturated heterocycles. The molecule has 0 saturated carbocycles. The number of aromatic carboxylic acids is 1. The Hall–Kier alpha value is -2.33. The number of hydrogen-bond donors (Lipinski definition) is 1. The van der Waals surface area contributed by atoms with Gasteiger partial charge in [0.15, 0.2) is 0 Å². The molecule has 0 aliphatic carbocycles. The zero-order valence-electron chi connectivity index (χ0n) is 15.8. The van der Waals surface area contributed by atoms with Crippen molar-refractivity contribution in [2.45, 2.75) is 39.7 Å². The lowest BCUT2D eigenvalue weighted by molar-refractivity contribution is 0.0142. The smallest absolute Gasteiger partial charge is 0.335 e. The monoisotopic (exact) mass is 356 g/mol. The van der Waals surface area contributed by atoms with E-state index in [0.717, 1.165) is 36.3 Å². The second-order valence-corrected chi connectivity index (χ2v) is 6.62. The summed E-state index contributed by atoms with van der Waals surface area (Å²) in [5.74, 6) is 0.223. The van der Waals surface area contributed by atoms with E-state index in [-0.39, 0.29) is 11.7 Å². The van der Waals surface area contributed by atoms with E-state index in [4.69, 9.17) is 14.6 Å². The van der Waals surface area contributed by atoms with Crippen molar-refractivity contribution < 1.29 is 19.4 Å². The highest BCUT2D eigenvalue weighted by Crippen LogP contribution is 2.23. The van der Waals surface area contributed by atoms with Crippen LogP contribution in [0.5, 0.6) is 5.75 Å². The summed E-state index contributed by atoms with van der Waals surface area (Å²) in [5, 5.41) is 8.96. The van der Waals surface area contributed by atoms with E-state index in [1.165, 1.54) is 0 Å². The fourth-order valence-corrected chi connectivity index (χ4v) is 2.49. The third-order valence-corrected chi connectivity index (χ3v) is 4.51. The van der Waals surface area contributed by atoms with E-state index >= 15 is 0 Å². The molecule has 0 heterocycles. The van der Waals surface area contributed by atoms with Crippen LogP contribution in [0.25, 0.3) is 11.1 Å². The normalized spacial score (nSPS) is 13.2. The molecule has 2 atom stereocenters. The number of rotatable bonds is 10. The lowest BCUT2D eigenvalue weighted by atomic mass is 10.0. The average Bonchev–Trinajstić information content (AvgIpc) is 2.66. The van der Waals surface area contributed by atoms with Crippen molar-refractivity contribution in [1.82, 2.24) is 0 Å². The fourth-order valence-electron chi connectivity index (χ4n) is 2.49. The van der Waals surface area contributed by atoms with Crippen LogP contribution in [0.4, 0.5) is 0 Å². The van der Waals surface area contributed by atoms with Gasteiger partial charge in [-0.15, -0.1) is 0 Å². The fraction of sp³-hybridized carbons (Fsp3) is 0.409. The highest BCUT2D eigenvalue weighted by Gasteiger charge is 2.13. The van der Waals surface area contributed by atoms with E-state index in [2.05, 4.69) is 20.8 Å². The standard InChI is InChI=1S/C22H28O4/c1-4-5-14-25-17(3)16(2)15-26-21-12-10-19(11-13-21)18-6-8-20(9-7-18)22(23)24/h6-13,16-17H,4-5,14-15H2,1-3H3,(H,23,24). The molecule has 0 amide bonds. The molecule has 0 bridgehead atoms. The van der Waals surface area contributed by atoms with Gasteiger partial charge in [0.05, 0.1) is 18.3 Å². The van der Waals surface area contributed by atoms with Gasteiger partial charge in [0.2, 0.25) is 0 Å². The Labute approximate surface area is 155 Å². The van der Waals surface area contributed by atoms with Gasteiger partial charge in [-0.2, -0.15) is 0 Å². The molecule has 2 aromatic carbocycles. The van der Waals surface area contributed by atoms with E-state index in [9.17, 15) is 4.79 Å². The minimum Gasteiger partial charge on any atom is -0.493 e. The third kappa shape index (κ3) is 5.88. The molecule has 2 rings (SSSR count).